The zero-order chi connectivity index (χ0) is 17.1. The summed E-state index contributed by atoms with van der Waals surface area (Å²) in [6, 6.07) is 5.71. The minimum Gasteiger partial charge on any atom is -0.450 e. The standard InChI is InChI=1S/C16H17Cl2N3O2S/c1-2-23-16(22)20-15-19-13-5-6-21(9-14(13)24-15)8-10-3-4-11(17)12(18)7-10/h3-4,7H,2,5-6,8-9H2,1H3,(H,19,20,22). The van der Waals surface area contributed by atoms with Crippen LogP contribution in [0.5, 0.6) is 0 Å². The Kier molecular flexibility index (Phi) is 5.61. The molecule has 128 valence electrons. The molecule has 24 heavy (non-hydrogen) atoms. The average Bonchev–Trinajstić information content (AvgIpc) is 2.92. The molecule has 0 unspecified atom stereocenters. The summed E-state index contributed by atoms with van der Waals surface area (Å²) in [6.45, 7) is 4.63. The third kappa shape index (κ3) is 4.19. The second kappa shape index (κ2) is 7.70. The molecule has 5 nitrogen and oxygen atoms in total. The highest BCUT2D eigenvalue weighted by atomic mass is 35.5. The van der Waals surface area contributed by atoms with Crippen LogP contribution in [0, 0.1) is 0 Å². The Labute approximate surface area is 154 Å². The Hall–Kier alpha value is -1.34. The molecule has 0 saturated carbocycles. The predicted molar refractivity (Wildman–Crippen MR) is 97.0 cm³/mol. The Morgan fingerprint density at radius 3 is 3.00 bits per heavy atom. The molecule has 0 radical (unpaired) electrons. The lowest BCUT2D eigenvalue weighted by Crippen LogP contribution is -2.29. The van der Waals surface area contributed by atoms with E-state index in [0.717, 1.165) is 37.3 Å². The number of ether oxygens (including phenoxy) is 1. The Balaban J connectivity index is 1.64. The second-order valence-electron chi connectivity index (χ2n) is 5.44. The highest BCUT2D eigenvalue weighted by molar-refractivity contribution is 7.15. The largest absolute Gasteiger partial charge is 0.450 e. The van der Waals surface area contributed by atoms with Crippen molar-refractivity contribution < 1.29 is 9.53 Å². The van der Waals surface area contributed by atoms with Gasteiger partial charge in [-0.2, -0.15) is 0 Å². The topological polar surface area (TPSA) is 54.5 Å². The number of carbonyl (C=O) groups is 1. The molecule has 0 aliphatic carbocycles. The van der Waals surface area contributed by atoms with Crippen LogP contribution in [0.15, 0.2) is 18.2 Å². The van der Waals surface area contributed by atoms with Gasteiger partial charge >= 0.3 is 6.09 Å². The number of benzene rings is 1. The first kappa shape index (κ1) is 17.5. The van der Waals surface area contributed by atoms with Crippen molar-refractivity contribution in [2.75, 3.05) is 18.5 Å². The van der Waals surface area contributed by atoms with Crippen molar-refractivity contribution in [3.05, 3.63) is 44.4 Å². The number of carbonyl (C=O) groups excluding carboxylic acids is 1. The molecule has 8 heteroatoms. The molecule has 1 aliphatic heterocycles. The minimum absolute atomic E-state index is 0.342. The summed E-state index contributed by atoms with van der Waals surface area (Å²) in [5, 5.41) is 4.41. The number of aromatic nitrogens is 1. The number of nitrogens with one attached hydrogen (secondary N) is 1. The molecule has 3 rings (SSSR count). The van der Waals surface area contributed by atoms with Crippen molar-refractivity contribution in [3.63, 3.8) is 0 Å². The van der Waals surface area contributed by atoms with Crippen molar-refractivity contribution >= 4 is 45.8 Å². The van der Waals surface area contributed by atoms with Crippen LogP contribution in [-0.4, -0.2) is 29.1 Å². The Bertz CT molecular complexity index is 751. The van der Waals surface area contributed by atoms with Gasteiger partial charge in [-0.1, -0.05) is 40.6 Å². The summed E-state index contributed by atoms with van der Waals surface area (Å²) in [6.07, 6.45) is 0.397. The van der Waals surface area contributed by atoms with Crippen LogP contribution >= 0.6 is 34.5 Å². The number of amides is 1. The van der Waals surface area contributed by atoms with E-state index in [2.05, 4.69) is 15.2 Å². The van der Waals surface area contributed by atoms with Gasteiger partial charge < -0.3 is 4.74 Å². The summed E-state index contributed by atoms with van der Waals surface area (Å²) in [5.41, 5.74) is 2.18. The van der Waals surface area contributed by atoms with E-state index >= 15 is 0 Å². The summed E-state index contributed by atoms with van der Waals surface area (Å²) in [5.74, 6) is 0. The molecular formula is C16H17Cl2N3O2S. The maximum absolute atomic E-state index is 11.5. The van der Waals surface area contributed by atoms with Crippen molar-refractivity contribution in [2.45, 2.75) is 26.4 Å². The number of rotatable bonds is 4. The van der Waals surface area contributed by atoms with E-state index in [9.17, 15) is 4.79 Å². The van der Waals surface area contributed by atoms with Crippen molar-refractivity contribution in [2.24, 2.45) is 0 Å². The van der Waals surface area contributed by atoms with Crippen molar-refractivity contribution in [3.8, 4) is 0 Å². The third-order valence-electron chi connectivity index (χ3n) is 3.68. The Morgan fingerprint density at radius 1 is 1.42 bits per heavy atom. The van der Waals surface area contributed by atoms with Gasteiger partial charge in [0.25, 0.3) is 0 Å². The molecule has 1 amide bonds. The van der Waals surface area contributed by atoms with Gasteiger partial charge in [-0.25, -0.2) is 9.78 Å². The van der Waals surface area contributed by atoms with Crippen LogP contribution in [0.1, 0.15) is 23.1 Å². The highest BCUT2D eigenvalue weighted by Gasteiger charge is 2.21. The van der Waals surface area contributed by atoms with E-state index in [1.807, 2.05) is 18.2 Å². The number of hydrogen-bond acceptors (Lipinski definition) is 5. The molecule has 0 atom stereocenters. The maximum atomic E-state index is 11.5. The van der Waals surface area contributed by atoms with Gasteiger partial charge in [-0.15, -0.1) is 0 Å². The monoisotopic (exact) mass is 385 g/mol. The lowest BCUT2D eigenvalue weighted by Gasteiger charge is -2.25. The molecule has 0 spiro atoms. The van der Waals surface area contributed by atoms with Crippen LogP contribution in [0.2, 0.25) is 10.0 Å². The average molecular weight is 386 g/mol. The van der Waals surface area contributed by atoms with E-state index < -0.39 is 6.09 Å². The van der Waals surface area contributed by atoms with Crippen LogP contribution in [0.4, 0.5) is 9.93 Å². The first-order valence-corrected chi connectivity index (χ1v) is 9.21. The molecule has 2 heterocycles. The van der Waals surface area contributed by atoms with Gasteiger partial charge in [0, 0.05) is 30.9 Å². The first-order chi connectivity index (χ1) is 11.5. The minimum atomic E-state index is -0.462. The number of fused-ring (bicyclic) bond motifs is 1. The van der Waals surface area contributed by atoms with Crippen LogP contribution in [0.3, 0.4) is 0 Å². The number of hydrogen-bond donors (Lipinski definition) is 1. The lowest BCUT2D eigenvalue weighted by molar-refractivity contribution is 0.168. The molecule has 2 aromatic rings. The number of nitrogens with zero attached hydrogens (tertiary/aromatic N) is 2. The normalized spacial score (nSPS) is 14.3. The summed E-state index contributed by atoms with van der Waals surface area (Å²) < 4.78 is 4.88. The van der Waals surface area contributed by atoms with Gasteiger partial charge in [0.1, 0.15) is 0 Å². The van der Waals surface area contributed by atoms with Crippen LogP contribution in [-0.2, 0) is 24.2 Å². The maximum Gasteiger partial charge on any atom is 0.413 e. The van der Waals surface area contributed by atoms with Gasteiger partial charge in [0.15, 0.2) is 5.13 Å². The highest BCUT2D eigenvalue weighted by Crippen LogP contribution is 2.30. The first-order valence-electron chi connectivity index (χ1n) is 7.63. The molecule has 1 aliphatic rings. The van der Waals surface area contributed by atoms with E-state index in [0.29, 0.717) is 21.8 Å². The fraction of sp³-hybridized carbons (Fsp3) is 0.375. The van der Waals surface area contributed by atoms with Gasteiger partial charge in [-0.05, 0) is 24.6 Å². The zero-order valence-corrected chi connectivity index (χ0v) is 15.5. The lowest BCUT2D eigenvalue weighted by atomic mass is 10.1. The molecular weight excluding hydrogens is 369 g/mol. The molecule has 1 aromatic heterocycles. The fourth-order valence-electron chi connectivity index (χ4n) is 2.59. The van der Waals surface area contributed by atoms with Gasteiger partial charge in [0.2, 0.25) is 0 Å². The molecule has 1 N–H and O–H groups in total. The molecule has 1 aromatic carbocycles. The SMILES string of the molecule is CCOC(=O)Nc1nc2c(s1)CN(Cc1ccc(Cl)c(Cl)c1)CC2. The quantitative estimate of drug-likeness (QED) is 0.836. The molecule has 0 fully saturated rings. The van der Waals surface area contributed by atoms with Crippen molar-refractivity contribution in [1.29, 1.82) is 0 Å². The van der Waals surface area contributed by atoms with Crippen LogP contribution < -0.4 is 5.32 Å². The second-order valence-corrected chi connectivity index (χ2v) is 7.34. The van der Waals surface area contributed by atoms with Crippen LogP contribution in [0.25, 0.3) is 0 Å². The fourth-order valence-corrected chi connectivity index (χ4v) is 3.94. The van der Waals surface area contributed by atoms with E-state index in [1.165, 1.54) is 16.2 Å². The summed E-state index contributed by atoms with van der Waals surface area (Å²) in [4.78, 5) is 19.5. The van der Waals surface area contributed by atoms with E-state index in [-0.39, 0.29) is 0 Å². The zero-order valence-electron chi connectivity index (χ0n) is 13.1. The van der Waals surface area contributed by atoms with E-state index in [4.69, 9.17) is 27.9 Å². The Morgan fingerprint density at radius 2 is 2.25 bits per heavy atom. The van der Waals surface area contributed by atoms with Gasteiger partial charge in [0.05, 0.1) is 22.3 Å². The van der Waals surface area contributed by atoms with Gasteiger partial charge in [-0.3, -0.25) is 10.2 Å². The number of thiazole rings is 1. The number of halogens is 2. The summed E-state index contributed by atoms with van der Waals surface area (Å²) in [7, 11) is 0. The van der Waals surface area contributed by atoms with E-state index in [1.54, 1.807) is 6.92 Å². The van der Waals surface area contributed by atoms with Crippen molar-refractivity contribution in [1.82, 2.24) is 9.88 Å². The number of anilines is 1. The molecule has 0 saturated heterocycles. The smallest absolute Gasteiger partial charge is 0.413 e. The summed E-state index contributed by atoms with van der Waals surface area (Å²) >= 11 is 13.5. The molecule has 0 bridgehead atoms. The predicted octanol–water partition coefficient (Wildman–Crippen LogP) is 4.58. The third-order valence-corrected chi connectivity index (χ3v) is 5.42.